The number of hydrogen-bond acceptors (Lipinski definition) is 5. The maximum Gasteiger partial charge on any atom is 0.271 e. The van der Waals surface area contributed by atoms with E-state index >= 15 is 0 Å². The summed E-state index contributed by atoms with van der Waals surface area (Å²) >= 11 is 7.34. The molecule has 1 aromatic carbocycles. The van der Waals surface area contributed by atoms with Crippen LogP contribution in [0.4, 0.5) is 11.4 Å². The van der Waals surface area contributed by atoms with E-state index in [0.29, 0.717) is 22.8 Å². The molecule has 1 heterocycles. The number of nitrogens with zero attached hydrogens (tertiary/aromatic N) is 1. The van der Waals surface area contributed by atoms with E-state index in [1.54, 1.807) is 11.4 Å². The molecule has 0 spiro atoms. The fourth-order valence-corrected chi connectivity index (χ4v) is 2.54. The lowest BCUT2D eigenvalue weighted by atomic mass is 10.2. The Morgan fingerprint density at radius 1 is 1.45 bits per heavy atom. The van der Waals surface area contributed by atoms with E-state index in [0.717, 1.165) is 4.88 Å². The highest BCUT2D eigenvalue weighted by atomic mass is 35.5. The van der Waals surface area contributed by atoms with Gasteiger partial charge in [0.2, 0.25) is 5.91 Å². The first-order valence-electron chi connectivity index (χ1n) is 5.52. The fraction of sp³-hybridized carbons (Fsp3) is 0.0833. The number of carbonyl (C=O) groups excluding carboxylic acids is 1. The minimum atomic E-state index is -0.488. The summed E-state index contributed by atoms with van der Waals surface area (Å²) in [7, 11) is 0. The summed E-state index contributed by atoms with van der Waals surface area (Å²) in [5, 5.41) is 15.8. The Labute approximate surface area is 123 Å². The van der Waals surface area contributed by atoms with Crippen LogP contribution in [0.5, 0.6) is 0 Å². The lowest BCUT2D eigenvalue weighted by molar-refractivity contribution is -0.384. The van der Waals surface area contributed by atoms with Crippen LogP contribution in [0.1, 0.15) is 15.2 Å². The van der Waals surface area contributed by atoms with Gasteiger partial charge >= 0.3 is 0 Å². The highest BCUT2D eigenvalue weighted by Gasteiger charge is 2.10. The van der Waals surface area contributed by atoms with Crippen molar-refractivity contribution in [2.45, 2.75) is 6.54 Å². The Morgan fingerprint density at radius 3 is 2.80 bits per heavy atom. The molecule has 2 rings (SSSR count). The third kappa shape index (κ3) is 3.25. The predicted molar refractivity (Wildman–Crippen MR) is 78.3 cm³/mol. The zero-order chi connectivity index (χ0) is 14.7. The van der Waals surface area contributed by atoms with Crippen LogP contribution in [0, 0.1) is 10.1 Å². The Kier molecular flexibility index (Phi) is 4.21. The van der Waals surface area contributed by atoms with Crippen LogP contribution in [0.3, 0.4) is 0 Å². The Morgan fingerprint density at radius 2 is 2.20 bits per heavy atom. The van der Waals surface area contributed by atoms with Crippen LogP contribution in [0.25, 0.3) is 0 Å². The van der Waals surface area contributed by atoms with Crippen molar-refractivity contribution in [2.75, 3.05) is 5.32 Å². The Hall–Kier alpha value is -2.12. The van der Waals surface area contributed by atoms with Crippen molar-refractivity contribution in [1.29, 1.82) is 0 Å². The molecule has 8 heteroatoms. The minimum absolute atomic E-state index is 0.0408. The molecule has 1 aromatic heterocycles. The first kappa shape index (κ1) is 14.3. The summed E-state index contributed by atoms with van der Waals surface area (Å²) in [6.07, 6.45) is 0. The molecule has 0 aliphatic carbocycles. The lowest BCUT2D eigenvalue weighted by Gasteiger charge is -2.06. The van der Waals surface area contributed by atoms with Crippen LogP contribution in [-0.4, -0.2) is 10.8 Å². The van der Waals surface area contributed by atoms with Crippen LogP contribution >= 0.6 is 22.9 Å². The summed E-state index contributed by atoms with van der Waals surface area (Å²) < 4.78 is 0. The molecular formula is C12H10ClN3O3S. The second kappa shape index (κ2) is 5.89. The number of nitrogens with two attached hydrogens (primary N) is 1. The molecular weight excluding hydrogens is 302 g/mol. The molecule has 0 saturated heterocycles. The molecule has 0 aliphatic rings. The standard InChI is InChI=1S/C12H10ClN3O3S/c13-10-2-1-8(16(18)19)4-11(10)15-5-9-3-7(6-20-9)12(14)17/h1-4,6,15H,5H2,(H2,14,17). The van der Waals surface area contributed by atoms with Gasteiger partial charge in [-0.15, -0.1) is 11.3 Å². The Balaban J connectivity index is 2.11. The van der Waals surface area contributed by atoms with Crippen molar-refractivity contribution in [3.63, 3.8) is 0 Å². The van der Waals surface area contributed by atoms with Gasteiger partial charge in [0.15, 0.2) is 0 Å². The molecule has 0 bridgehead atoms. The largest absolute Gasteiger partial charge is 0.379 e. The third-order valence-corrected chi connectivity index (χ3v) is 3.82. The van der Waals surface area contributed by atoms with Gasteiger partial charge in [0.1, 0.15) is 0 Å². The normalized spacial score (nSPS) is 10.2. The highest BCUT2D eigenvalue weighted by molar-refractivity contribution is 7.10. The molecule has 20 heavy (non-hydrogen) atoms. The summed E-state index contributed by atoms with van der Waals surface area (Å²) in [5.74, 6) is -0.485. The van der Waals surface area contributed by atoms with E-state index in [1.165, 1.54) is 29.5 Å². The van der Waals surface area contributed by atoms with E-state index in [4.69, 9.17) is 17.3 Å². The first-order valence-corrected chi connectivity index (χ1v) is 6.78. The third-order valence-electron chi connectivity index (χ3n) is 2.55. The molecule has 0 atom stereocenters. The molecule has 0 aliphatic heterocycles. The molecule has 0 fully saturated rings. The Bertz CT molecular complexity index is 672. The van der Waals surface area contributed by atoms with Crippen LogP contribution in [-0.2, 0) is 6.54 Å². The van der Waals surface area contributed by atoms with Crippen molar-refractivity contribution in [2.24, 2.45) is 5.73 Å². The maximum atomic E-state index is 11.0. The highest BCUT2D eigenvalue weighted by Crippen LogP contribution is 2.27. The molecule has 2 aromatic rings. The zero-order valence-corrected chi connectivity index (χ0v) is 11.7. The van der Waals surface area contributed by atoms with Gasteiger partial charge in [0.25, 0.3) is 5.69 Å². The monoisotopic (exact) mass is 311 g/mol. The fourth-order valence-electron chi connectivity index (χ4n) is 1.55. The number of nitrogens with one attached hydrogen (secondary N) is 1. The van der Waals surface area contributed by atoms with Crippen LogP contribution in [0.2, 0.25) is 5.02 Å². The van der Waals surface area contributed by atoms with E-state index in [1.807, 2.05) is 0 Å². The van der Waals surface area contributed by atoms with Crippen molar-refractivity contribution in [3.8, 4) is 0 Å². The molecule has 0 saturated carbocycles. The van der Waals surface area contributed by atoms with Gasteiger partial charge in [-0.2, -0.15) is 0 Å². The van der Waals surface area contributed by atoms with Gasteiger partial charge < -0.3 is 11.1 Å². The number of primary amides is 1. The number of nitro benzene ring substituents is 1. The molecule has 3 N–H and O–H groups in total. The van der Waals surface area contributed by atoms with Gasteiger partial charge in [0.05, 0.1) is 21.2 Å². The van der Waals surface area contributed by atoms with Gasteiger partial charge in [-0.1, -0.05) is 11.6 Å². The number of thiophene rings is 1. The van der Waals surface area contributed by atoms with E-state index < -0.39 is 10.8 Å². The summed E-state index contributed by atoms with van der Waals surface area (Å²) in [5.41, 5.74) is 6.03. The number of nitro groups is 1. The van der Waals surface area contributed by atoms with E-state index in [9.17, 15) is 14.9 Å². The molecule has 0 radical (unpaired) electrons. The number of amides is 1. The topological polar surface area (TPSA) is 98.3 Å². The first-order chi connectivity index (χ1) is 9.47. The minimum Gasteiger partial charge on any atom is -0.379 e. The van der Waals surface area contributed by atoms with Gasteiger partial charge in [-0.05, 0) is 12.1 Å². The van der Waals surface area contributed by atoms with Gasteiger partial charge in [-0.3, -0.25) is 14.9 Å². The van der Waals surface area contributed by atoms with Crippen molar-refractivity contribution in [3.05, 3.63) is 55.2 Å². The second-order valence-corrected chi connectivity index (χ2v) is 5.34. The van der Waals surface area contributed by atoms with Crippen molar-refractivity contribution in [1.82, 2.24) is 0 Å². The molecule has 1 amide bonds. The smallest absolute Gasteiger partial charge is 0.271 e. The maximum absolute atomic E-state index is 11.0. The van der Waals surface area contributed by atoms with E-state index in [2.05, 4.69) is 5.32 Å². The van der Waals surface area contributed by atoms with Gasteiger partial charge in [-0.25, -0.2) is 0 Å². The summed E-state index contributed by atoms with van der Waals surface area (Å²) in [4.78, 5) is 22.1. The van der Waals surface area contributed by atoms with Crippen LogP contribution < -0.4 is 11.1 Å². The number of non-ortho nitro benzene ring substituents is 1. The van der Waals surface area contributed by atoms with Crippen LogP contribution in [0.15, 0.2) is 29.6 Å². The average molecular weight is 312 g/mol. The number of rotatable bonds is 5. The average Bonchev–Trinajstić information content (AvgIpc) is 2.86. The van der Waals surface area contributed by atoms with Gasteiger partial charge in [0, 0.05) is 28.9 Å². The zero-order valence-electron chi connectivity index (χ0n) is 10.1. The van der Waals surface area contributed by atoms with Crippen molar-refractivity contribution >= 4 is 40.2 Å². The summed E-state index contributed by atoms with van der Waals surface area (Å²) in [6.45, 7) is 0.402. The number of halogens is 1. The molecule has 104 valence electrons. The van der Waals surface area contributed by atoms with E-state index in [-0.39, 0.29) is 5.69 Å². The number of carbonyl (C=O) groups is 1. The predicted octanol–water partition coefficient (Wildman–Crippen LogP) is 3.02. The number of hydrogen-bond donors (Lipinski definition) is 2. The summed E-state index contributed by atoms with van der Waals surface area (Å²) in [6, 6.07) is 5.84. The number of anilines is 1. The lowest BCUT2D eigenvalue weighted by Crippen LogP contribution is -2.09. The quantitative estimate of drug-likeness (QED) is 0.655. The second-order valence-electron chi connectivity index (χ2n) is 3.94. The van der Waals surface area contributed by atoms with Crippen molar-refractivity contribution < 1.29 is 9.72 Å². The SMILES string of the molecule is NC(=O)c1csc(CNc2cc([N+](=O)[O-])ccc2Cl)c1. The molecule has 0 unspecified atom stereocenters. The number of benzene rings is 1. The molecule has 6 nitrogen and oxygen atoms in total.